The molecule has 0 aliphatic carbocycles. The van der Waals surface area contributed by atoms with E-state index in [1.54, 1.807) is 0 Å². The second kappa shape index (κ2) is 39.4. The minimum atomic E-state index is -1.78. The fourth-order valence-electron chi connectivity index (χ4n) is 8.26. The fraction of sp³-hybridized carbons (Fsp3) is 0.792. The van der Waals surface area contributed by atoms with E-state index in [0.29, 0.717) is 12.8 Å². The van der Waals surface area contributed by atoms with Gasteiger partial charge in [0.15, 0.2) is 12.6 Å². The van der Waals surface area contributed by atoms with Crippen LogP contribution in [0.3, 0.4) is 0 Å². The van der Waals surface area contributed by atoms with Gasteiger partial charge in [-0.2, -0.15) is 0 Å². The van der Waals surface area contributed by atoms with Crippen molar-refractivity contribution in [2.24, 2.45) is 0 Å². The zero-order valence-electron chi connectivity index (χ0n) is 41.1. The van der Waals surface area contributed by atoms with Crippen LogP contribution in [0.2, 0.25) is 0 Å². The topological polar surface area (TPSA) is 228 Å². The highest BCUT2D eigenvalue weighted by molar-refractivity contribution is 5.76. The predicted octanol–water partition coefficient (Wildman–Crippen LogP) is 7.05. The molecule has 9 N–H and O–H groups in total. The van der Waals surface area contributed by atoms with E-state index in [2.05, 4.69) is 79.9 Å². The lowest BCUT2D eigenvalue weighted by Gasteiger charge is -2.46. The number of amides is 1. The summed E-state index contributed by atoms with van der Waals surface area (Å²) in [6, 6.07) is -0.836. The maximum Gasteiger partial charge on any atom is 0.220 e. The van der Waals surface area contributed by atoms with Crippen molar-refractivity contribution in [2.45, 2.75) is 248 Å². The quantitative estimate of drug-likeness (QED) is 0.0223. The monoisotopic (exact) mass is 952 g/mol. The molecule has 2 fully saturated rings. The molecular formula is C53H93NO13. The Bertz CT molecular complexity index is 1360. The molecule has 0 radical (unpaired) electrons. The Morgan fingerprint density at radius 2 is 1.03 bits per heavy atom. The molecule has 0 spiro atoms. The summed E-state index contributed by atoms with van der Waals surface area (Å²) in [5.74, 6) is -0.223. The average Bonchev–Trinajstić information content (AvgIpc) is 3.32. The number of aliphatic hydroxyl groups is 8. The number of rotatable bonds is 39. The van der Waals surface area contributed by atoms with Gasteiger partial charge in [0.05, 0.1) is 32.0 Å². The van der Waals surface area contributed by atoms with Gasteiger partial charge in [0.25, 0.3) is 0 Å². The maximum absolute atomic E-state index is 13.2. The van der Waals surface area contributed by atoms with Crippen molar-refractivity contribution >= 4 is 5.91 Å². The van der Waals surface area contributed by atoms with Crippen LogP contribution in [0.15, 0.2) is 60.8 Å². The van der Waals surface area contributed by atoms with Crippen LogP contribution in [0.1, 0.15) is 174 Å². The number of hydrogen-bond donors (Lipinski definition) is 9. The number of ether oxygens (including phenoxy) is 4. The highest BCUT2D eigenvalue weighted by Crippen LogP contribution is 2.30. The summed E-state index contributed by atoms with van der Waals surface area (Å²) in [6.45, 7) is 2.69. The summed E-state index contributed by atoms with van der Waals surface area (Å²) in [5, 5.41) is 86.8. The van der Waals surface area contributed by atoms with Gasteiger partial charge in [-0.15, -0.1) is 0 Å². The number of carbonyl (C=O) groups is 1. The average molecular weight is 952 g/mol. The van der Waals surface area contributed by atoms with Gasteiger partial charge in [0, 0.05) is 6.42 Å². The SMILES string of the molecule is CC/C=C\C/C=C\C/C=C\C/C=C\C/C=C\CCCCCCCCCC(=O)NC(COC1OC(CO)C(OC2OC(CO)C(O)C(O)C2O)C(O)C1O)C(O)CCCCCCCCCCCC. The summed E-state index contributed by atoms with van der Waals surface area (Å²) < 4.78 is 22.7. The molecule has 2 saturated heterocycles. The van der Waals surface area contributed by atoms with Gasteiger partial charge >= 0.3 is 0 Å². The zero-order valence-corrected chi connectivity index (χ0v) is 41.1. The first-order valence-corrected chi connectivity index (χ1v) is 26.0. The molecule has 14 heteroatoms. The number of nitrogens with one attached hydrogen (secondary N) is 1. The standard InChI is InChI=1S/C53H93NO13/c1-3-5-7-9-11-13-15-16-17-18-19-20-21-22-23-24-25-26-27-29-31-33-35-37-45(58)54-41(42(57)36-34-32-30-28-14-12-10-8-6-4-2)40-64-52-50(63)48(61)51(44(39-56)66-52)67-53-49(62)47(60)46(59)43(38-55)65-53/h5,7,11,13,16-17,19-20,22-23,41-44,46-53,55-57,59-63H,3-4,6,8-10,12,14-15,18,21,24-40H2,1-2H3,(H,54,58)/b7-5-,13-11-,17-16-,20-19-,23-22-. The van der Waals surface area contributed by atoms with Crippen LogP contribution >= 0.6 is 0 Å². The Balaban J connectivity index is 1.77. The van der Waals surface area contributed by atoms with E-state index in [9.17, 15) is 45.6 Å². The molecule has 2 rings (SSSR count). The van der Waals surface area contributed by atoms with Crippen molar-refractivity contribution in [3.05, 3.63) is 60.8 Å². The summed E-state index contributed by atoms with van der Waals surface area (Å²) in [7, 11) is 0. The summed E-state index contributed by atoms with van der Waals surface area (Å²) in [4.78, 5) is 13.2. The van der Waals surface area contributed by atoms with E-state index < -0.39 is 86.8 Å². The molecular weight excluding hydrogens is 859 g/mol. The molecule has 388 valence electrons. The fourth-order valence-corrected chi connectivity index (χ4v) is 8.26. The van der Waals surface area contributed by atoms with E-state index in [1.165, 1.54) is 44.9 Å². The number of hydrogen-bond acceptors (Lipinski definition) is 13. The normalized spacial score (nSPS) is 27.1. The first-order valence-electron chi connectivity index (χ1n) is 26.0. The second-order valence-electron chi connectivity index (χ2n) is 18.3. The molecule has 0 bridgehead atoms. The molecule has 0 aromatic carbocycles. The molecule has 2 aliphatic rings. The summed E-state index contributed by atoms with van der Waals surface area (Å²) >= 11 is 0. The summed E-state index contributed by atoms with van der Waals surface area (Å²) in [6.07, 6.45) is 30.8. The Morgan fingerprint density at radius 3 is 1.58 bits per heavy atom. The van der Waals surface area contributed by atoms with E-state index in [4.69, 9.17) is 18.9 Å². The predicted molar refractivity (Wildman–Crippen MR) is 263 cm³/mol. The lowest BCUT2D eigenvalue weighted by molar-refractivity contribution is -0.359. The maximum atomic E-state index is 13.2. The Morgan fingerprint density at radius 1 is 0.552 bits per heavy atom. The Hall–Kier alpha value is -2.31. The third-order valence-corrected chi connectivity index (χ3v) is 12.5. The van der Waals surface area contributed by atoms with Gasteiger partial charge in [0.2, 0.25) is 5.91 Å². The number of aliphatic hydroxyl groups excluding tert-OH is 8. The van der Waals surface area contributed by atoms with Crippen molar-refractivity contribution in [1.29, 1.82) is 0 Å². The third-order valence-electron chi connectivity index (χ3n) is 12.5. The van der Waals surface area contributed by atoms with Crippen LogP contribution in [-0.2, 0) is 23.7 Å². The van der Waals surface area contributed by atoms with Crippen LogP contribution in [0.25, 0.3) is 0 Å². The smallest absolute Gasteiger partial charge is 0.220 e. The van der Waals surface area contributed by atoms with Crippen LogP contribution in [0.4, 0.5) is 0 Å². The van der Waals surface area contributed by atoms with Crippen LogP contribution in [0, 0.1) is 0 Å². The Labute approximate surface area is 403 Å². The van der Waals surface area contributed by atoms with Gasteiger partial charge in [-0.1, -0.05) is 171 Å². The van der Waals surface area contributed by atoms with Crippen molar-refractivity contribution in [2.75, 3.05) is 19.8 Å². The molecule has 14 nitrogen and oxygen atoms in total. The molecule has 2 aliphatic heterocycles. The first-order chi connectivity index (χ1) is 32.6. The van der Waals surface area contributed by atoms with Gasteiger partial charge in [-0.05, 0) is 57.8 Å². The lowest BCUT2D eigenvalue weighted by Crippen LogP contribution is -2.65. The highest BCUT2D eigenvalue weighted by Gasteiger charge is 2.51. The summed E-state index contributed by atoms with van der Waals surface area (Å²) in [5.41, 5.74) is 0. The van der Waals surface area contributed by atoms with E-state index in [-0.39, 0.29) is 18.9 Å². The van der Waals surface area contributed by atoms with Crippen molar-refractivity contribution in [3.63, 3.8) is 0 Å². The highest BCUT2D eigenvalue weighted by atomic mass is 16.7. The molecule has 0 aromatic heterocycles. The first kappa shape index (κ1) is 60.8. The van der Waals surface area contributed by atoms with E-state index in [0.717, 1.165) is 96.3 Å². The van der Waals surface area contributed by atoms with Gasteiger partial charge < -0.3 is 65.1 Å². The van der Waals surface area contributed by atoms with Crippen molar-refractivity contribution < 1.29 is 64.6 Å². The third kappa shape index (κ3) is 26.5. The van der Waals surface area contributed by atoms with Crippen LogP contribution in [-0.4, -0.2) is 140 Å². The van der Waals surface area contributed by atoms with Crippen LogP contribution < -0.4 is 5.32 Å². The minimum Gasteiger partial charge on any atom is -0.394 e. The number of unbranched alkanes of at least 4 members (excludes halogenated alkanes) is 16. The van der Waals surface area contributed by atoms with Gasteiger partial charge in [-0.3, -0.25) is 4.79 Å². The van der Waals surface area contributed by atoms with Crippen molar-refractivity contribution in [1.82, 2.24) is 5.32 Å². The number of allylic oxidation sites excluding steroid dienone is 10. The molecule has 2 heterocycles. The lowest BCUT2D eigenvalue weighted by atomic mass is 9.97. The molecule has 0 saturated carbocycles. The van der Waals surface area contributed by atoms with Crippen LogP contribution in [0.5, 0.6) is 0 Å². The Kier molecular flexibility index (Phi) is 35.8. The van der Waals surface area contributed by atoms with Crippen molar-refractivity contribution in [3.8, 4) is 0 Å². The molecule has 1 amide bonds. The molecule has 0 aromatic rings. The largest absolute Gasteiger partial charge is 0.394 e. The molecule has 12 atom stereocenters. The zero-order chi connectivity index (χ0) is 48.9. The van der Waals surface area contributed by atoms with Gasteiger partial charge in [0.1, 0.15) is 48.8 Å². The molecule has 67 heavy (non-hydrogen) atoms. The van der Waals surface area contributed by atoms with E-state index in [1.807, 2.05) is 0 Å². The van der Waals surface area contributed by atoms with E-state index >= 15 is 0 Å². The number of carbonyl (C=O) groups excluding carboxylic acids is 1. The minimum absolute atomic E-state index is 0.223. The molecule has 12 unspecified atom stereocenters. The second-order valence-corrected chi connectivity index (χ2v) is 18.3. The van der Waals surface area contributed by atoms with Gasteiger partial charge in [-0.25, -0.2) is 0 Å².